The number of halogens is 5. The lowest BCUT2D eigenvalue weighted by atomic mass is 10.2. The van der Waals surface area contributed by atoms with Crippen LogP contribution in [0.15, 0.2) is 0 Å². The van der Waals surface area contributed by atoms with Crippen LogP contribution in [0.3, 0.4) is 0 Å². The Bertz CT molecular complexity index is 985. The summed E-state index contributed by atoms with van der Waals surface area (Å²) < 4.78 is 135. The quantitative estimate of drug-likeness (QED) is 0.0244. The molecule has 0 saturated carbocycles. The summed E-state index contributed by atoms with van der Waals surface area (Å²) in [7, 11) is 0. The topological polar surface area (TPSA) is 137 Å². The second kappa shape index (κ2) is 34.6. The fourth-order valence-corrected chi connectivity index (χ4v) is 3.56. The molecule has 0 atom stereocenters. The Labute approximate surface area is 301 Å². The van der Waals surface area contributed by atoms with E-state index in [1.165, 1.54) is 0 Å². The molecule has 0 amide bonds. The number of esters is 1. The minimum atomic E-state index is -2.35. The maximum absolute atomic E-state index is 13.5. The smallest absolute Gasteiger partial charge is 0.313 e. The standard InChI is InChI=1S/C33H53F5O14/c1-2-40-5-6-42-9-10-44-13-14-46-17-18-48-21-22-50-25-26-51-24-23-49-20-19-47-16-15-45-12-11-43-8-7-41-4-3-27(39)52-33-31(37)29(35)28(34)30(36)32(33)38/h2-26H2,1H3. The van der Waals surface area contributed by atoms with Crippen LogP contribution in [0.2, 0.25) is 0 Å². The predicted octanol–water partition coefficient (Wildman–Crippen LogP) is 2.90. The van der Waals surface area contributed by atoms with E-state index < -0.39 is 47.2 Å². The number of carbonyl (C=O) groups is 1. The summed E-state index contributed by atoms with van der Waals surface area (Å²) in [4.78, 5) is 11.6. The summed E-state index contributed by atoms with van der Waals surface area (Å²) in [6, 6.07) is 0. The van der Waals surface area contributed by atoms with Gasteiger partial charge >= 0.3 is 5.97 Å². The van der Waals surface area contributed by atoms with Crippen molar-refractivity contribution in [3.05, 3.63) is 29.1 Å². The number of carbonyl (C=O) groups excluding carboxylic acids is 1. The highest BCUT2D eigenvalue weighted by molar-refractivity contribution is 5.72. The molecule has 304 valence electrons. The summed E-state index contributed by atoms with van der Waals surface area (Å²) in [6.45, 7) is 11.7. The maximum Gasteiger partial charge on any atom is 0.313 e. The zero-order valence-electron chi connectivity index (χ0n) is 29.8. The summed E-state index contributed by atoms with van der Waals surface area (Å²) in [6.07, 6.45) is -0.488. The van der Waals surface area contributed by atoms with Crippen LogP contribution in [0.25, 0.3) is 0 Å². The molecule has 0 N–H and O–H groups in total. The first-order valence-corrected chi connectivity index (χ1v) is 17.0. The first kappa shape index (κ1) is 47.9. The summed E-state index contributed by atoms with van der Waals surface area (Å²) >= 11 is 0. The maximum atomic E-state index is 13.5. The van der Waals surface area contributed by atoms with E-state index in [4.69, 9.17) is 56.8 Å². The van der Waals surface area contributed by atoms with Crippen LogP contribution in [0.5, 0.6) is 5.75 Å². The van der Waals surface area contributed by atoms with E-state index in [-0.39, 0.29) is 26.4 Å². The summed E-state index contributed by atoms with van der Waals surface area (Å²) in [5.74, 6) is -14.1. The highest BCUT2D eigenvalue weighted by Crippen LogP contribution is 2.29. The van der Waals surface area contributed by atoms with Crippen molar-refractivity contribution in [1.82, 2.24) is 0 Å². The monoisotopic (exact) mass is 768 g/mol. The van der Waals surface area contributed by atoms with Gasteiger partial charge in [0, 0.05) is 6.61 Å². The predicted molar refractivity (Wildman–Crippen MR) is 172 cm³/mol. The Morgan fingerprint density at radius 2 is 0.558 bits per heavy atom. The lowest BCUT2D eigenvalue weighted by molar-refractivity contribution is -0.136. The fraction of sp³-hybridized carbons (Fsp3) is 0.788. The lowest BCUT2D eigenvalue weighted by Crippen LogP contribution is -2.16. The van der Waals surface area contributed by atoms with E-state index >= 15 is 0 Å². The summed E-state index contributed by atoms with van der Waals surface area (Å²) in [5, 5.41) is 0. The molecule has 14 nitrogen and oxygen atoms in total. The van der Waals surface area contributed by atoms with Gasteiger partial charge < -0.3 is 61.6 Å². The molecule has 1 aromatic carbocycles. The third-order valence-electron chi connectivity index (χ3n) is 6.13. The fourth-order valence-electron chi connectivity index (χ4n) is 3.56. The van der Waals surface area contributed by atoms with Gasteiger partial charge in [0.05, 0.1) is 158 Å². The van der Waals surface area contributed by atoms with Crippen molar-refractivity contribution < 1.29 is 88.3 Å². The van der Waals surface area contributed by atoms with Crippen LogP contribution >= 0.6 is 0 Å². The third kappa shape index (κ3) is 25.8. The van der Waals surface area contributed by atoms with Crippen LogP contribution in [0.1, 0.15) is 13.3 Å². The third-order valence-corrected chi connectivity index (χ3v) is 6.13. The SMILES string of the molecule is CCOCCOCCOCCOCCOCCOCCOCCOCCOCCOCCOCCOCCC(=O)Oc1c(F)c(F)c(F)c(F)c1F. The van der Waals surface area contributed by atoms with Crippen molar-refractivity contribution in [1.29, 1.82) is 0 Å². The molecule has 0 heterocycles. The molecule has 0 aliphatic heterocycles. The molecule has 0 unspecified atom stereocenters. The van der Waals surface area contributed by atoms with E-state index in [0.717, 1.165) is 0 Å². The molecule has 0 bridgehead atoms. The molecule has 0 saturated heterocycles. The molecule has 1 rings (SSSR count). The molecule has 1 aromatic rings. The highest BCUT2D eigenvalue weighted by atomic mass is 19.2. The Kier molecular flexibility index (Phi) is 31.9. The van der Waals surface area contributed by atoms with Crippen molar-refractivity contribution in [3.63, 3.8) is 0 Å². The highest BCUT2D eigenvalue weighted by Gasteiger charge is 2.28. The molecule has 0 radical (unpaired) electrons. The van der Waals surface area contributed by atoms with E-state index in [9.17, 15) is 26.7 Å². The second-order valence-electron chi connectivity index (χ2n) is 10.1. The normalized spacial score (nSPS) is 11.5. The van der Waals surface area contributed by atoms with Gasteiger partial charge in [-0.15, -0.1) is 0 Å². The molecule has 52 heavy (non-hydrogen) atoms. The van der Waals surface area contributed by atoms with E-state index in [1.807, 2.05) is 6.92 Å². The van der Waals surface area contributed by atoms with E-state index in [2.05, 4.69) is 4.74 Å². The van der Waals surface area contributed by atoms with Crippen LogP contribution < -0.4 is 4.74 Å². The molecular weight excluding hydrogens is 715 g/mol. The number of rotatable bonds is 38. The Hall–Kier alpha value is -2.14. The van der Waals surface area contributed by atoms with Crippen molar-refractivity contribution in [3.8, 4) is 5.75 Å². The Morgan fingerprint density at radius 1 is 0.346 bits per heavy atom. The van der Waals surface area contributed by atoms with Gasteiger partial charge in [0.2, 0.25) is 34.8 Å². The van der Waals surface area contributed by atoms with Crippen molar-refractivity contribution >= 4 is 5.97 Å². The minimum absolute atomic E-state index is 0.0798. The number of benzene rings is 1. The van der Waals surface area contributed by atoms with Gasteiger partial charge in [-0.2, -0.15) is 8.78 Å². The van der Waals surface area contributed by atoms with Gasteiger partial charge in [-0.25, -0.2) is 13.2 Å². The first-order valence-electron chi connectivity index (χ1n) is 17.0. The molecule has 19 heteroatoms. The van der Waals surface area contributed by atoms with E-state index in [0.29, 0.717) is 132 Å². The molecular formula is C33H53F5O14. The van der Waals surface area contributed by atoms with Gasteiger partial charge in [0.25, 0.3) is 0 Å². The molecule has 0 aliphatic carbocycles. The number of hydrogen-bond acceptors (Lipinski definition) is 14. The van der Waals surface area contributed by atoms with Crippen molar-refractivity contribution in [2.24, 2.45) is 0 Å². The van der Waals surface area contributed by atoms with Crippen molar-refractivity contribution in [2.45, 2.75) is 13.3 Å². The van der Waals surface area contributed by atoms with Crippen LogP contribution in [-0.2, 0) is 61.6 Å². The average molecular weight is 769 g/mol. The van der Waals surface area contributed by atoms with Gasteiger partial charge in [-0.05, 0) is 6.92 Å². The Balaban J connectivity index is 1.73. The second-order valence-corrected chi connectivity index (χ2v) is 10.1. The van der Waals surface area contributed by atoms with Gasteiger partial charge in [0.15, 0.2) is 0 Å². The number of hydrogen-bond donors (Lipinski definition) is 0. The van der Waals surface area contributed by atoms with Crippen molar-refractivity contribution in [2.75, 3.05) is 159 Å². The zero-order valence-corrected chi connectivity index (χ0v) is 29.8. The first-order chi connectivity index (χ1) is 25.4. The van der Waals surface area contributed by atoms with Crippen LogP contribution in [0, 0.1) is 29.1 Å². The summed E-state index contributed by atoms with van der Waals surface area (Å²) in [5.41, 5.74) is 0. The van der Waals surface area contributed by atoms with Crippen LogP contribution in [-0.4, -0.2) is 165 Å². The Morgan fingerprint density at radius 3 is 0.808 bits per heavy atom. The van der Waals surface area contributed by atoms with E-state index in [1.54, 1.807) is 0 Å². The molecule has 0 aliphatic rings. The molecule has 0 spiro atoms. The number of ether oxygens (including phenoxy) is 13. The van der Waals surface area contributed by atoms with Gasteiger partial charge in [-0.3, -0.25) is 4.79 Å². The lowest BCUT2D eigenvalue weighted by Gasteiger charge is -2.09. The molecule has 0 fully saturated rings. The average Bonchev–Trinajstić information content (AvgIpc) is 3.14. The zero-order chi connectivity index (χ0) is 37.9. The minimum Gasteiger partial charge on any atom is -0.420 e. The largest absolute Gasteiger partial charge is 0.420 e. The molecule has 0 aromatic heterocycles. The van der Waals surface area contributed by atoms with Gasteiger partial charge in [0.1, 0.15) is 0 Å². The van der Waals surface area contributed by atoms with Gasteiger partial charge in [-0.1, -0.05) is 0 Å². The van der Waals surface area contributed by atoms with Crippen LogP contribution in [0.4, 0.5) is 22.0 Å².